The fourth-order valence-electron chi connectivity index (χ4n) is 4.55. The van der Waals surface area contributed by atoms with Gasteiger partial charge in [0.2, 0.25) is 0 Å². The molecule has 2 aliphatic rings. The van der Waals surface area contributed by atoms with Gasteiger partial charge in [-0.2, -0.15) is 12.6 Å². The molecular formula is C16H23NS. The maximum Gasteiger partial charge on any atom is 0.0417 e. The minimum Gasteiger partial charge on any atom is -0.261 e. The van der Waals surface area contributed by atoms with Crippen LogP contribution in [-0.4, -0.2) is 9.73 Å². The van der Waals surface area contributed by atoms with Gasteiger partial charge in [-0.3, -0.25) is 4.98 Å². The highest BCUT2D eigenvalue weighted by molar-refractivity contribution is 7.82. The van der Waals surface area contributed by atoms with Crippen LogP contribution in [0.25, 0.3) is 0 Å². The summed E-state index contributed by atoms with van der Waals surface area (Å²) in [7, 11) is 0. The van der Waals surface area contributed by atoms with Gasteiger partial charge >= 0.3 is 0 Å². The molecule has 1 nitrogen and oxygen atoms in total. The highest BCUT2D eigenvalue weighted by atomic mass is 32.1. The number of nitrogens with zero attached hydrogens (tertiary/aromatic N) is 1. The molecule has 2 saturated carbocycles. The first kappa shape index (κ1) is 12.5. The highest BCUT2D eigenvalue weighted by Gasteiger charge is 2.66. The third kappa shape index (κ3) is 1.44. The van der Waals surface area contributed by atoms with Crippen LogP contribution in [0.15, 0.2) is 24.4 Å². The van der Waals surface area contributed by atoms with E-state index in [1.165, 1.54) is 25.0 Å². The monoisotopic (exact) mass is 261 g/mol. The van der Waals surface area contributed by atoms with Crippen molar-refractivity contribution < 1.29 is 0 Å². The largest absolute Gasteiger partial charge is 0.261 e. The van der Waals surface area contributed by atoms with E-state index in [0.29, 0.717) is 10.8 Å². The van der Waals surface area contributed by atoms with E-state index in [1.807, 2.05) is 12.3 Å². The Kier molecular flexibility index (Phi) is 2.61. The Morgan fingerprint density at radius 2 is 2.11 bits per heavy atom. The Bertz CT molecular complexity index is 449. The van der Waals surface area contributed by atoms with Gasteiger partial charge in [0.25, 0.3) is 0 Å². The third-order valence-corrected chi connectivity index (χ3v) is 7.26. The van der Waals surface area contributed by atoms with Gasteiger partial charge in [0, 0.05) is 23.1 Å². The summed E-state index contributed by atoms with van der Waals surface area (Å²) in [5, 5.41) is 0. The van der Waals surface area contributed by atoms with Crippen LogP contribution in [0.2, 0.25) is 0 Å². The molecule has 0 aromatic carbocycles. The molecule has 0 spiro atoms. The molecule has 2 fully saturated rings. The van der Waals surface area contributed by atoms with E-state index in [1.54, 1.807) is 0 Å². The summed E-state index contributed by atoms with van der Waals surface area (Å²) in [6, 6.07) is 6.22. The van der Waals surface area contributed by atoms with Crippen LogP contribution in [0.5, 0.6) is 0 Å². The molecule has 3 atom stereocenters. The zero-order valence-electron chi connectivity index (χ0n) is 11.6. The summed E-state index contributed by atoms with van der Waals surface area (Å²) in [6.45, 7) is 7.27. The molecular weight excluding hydrogens is 238 g/mol. The summed E-state index contributed by atoms with van der Waals surface area (Å²) >= 11 is 5.22. The van der Waals surface area contributed by atoms with E-state index in [2.05, 4.69) is 37.9 Å². The molecule has 0 radical (unpaired) electrons. The van der Waals surface area contributed by atoms with Crippen molar-refractivity contribution >= 4 is 12.6 Å². The standard InChI is InChI=1S/C16H23NS/c1-14(2)12-7-8-15(3,10-12)16(14,18)11-13-6-4-5-9-17-13/h4-6,9,12,18H,7-8,10-11H2,1-3H3/t12-,15+,16+/m1/s1. The first-order valence-corrected chi connectivity index (χ1v) is 7.46. The number of rotatable bonds is 2. The highest BCUT2D eigenvalue weighted by Crippen LogP contribution is 2.71. The second-order valence-corrected chi connectivity index (χ2v) is 7.84. The van der Waals surface area contributed by atoms with Crippen LogP contribution >= 0.6 is 12.6 Å². The van der Waals surface area contributed by atoms with Crippen LogP contribution in [0.4, 0.5) is 0 Å². The Labute approximate surface area is 116 Å². The first-order valence-electron chi connectivity index (χ1n) is 7.01. The summed E-state index contributed by atoms with van der Waals surface area (Å²) in [5.74, 6) is 0.837. The lowest BCUT2D eigenvalue weighted by molar-refractivity contribution is 0.109. The topological polar surface area (TPSA) is 12.9 Å². The predicted molar refractivity (Wildman–Crippen MR) is 78.9 cm³/mol. The summed E-state index contributed by atoms with van der Waals surface area (Å²) in [4.78, 5) is 4.52. The molecule has 2 aliphatic carbocycles. The van der Waals surface area contributed by atoms with Crippen molar-refractivity contribution in [3.05, 3.63) is 30.1 Å². The van der Waals surface area contributed by atoms with Crippen LogP contribution in [-0.2, 0) is 6.42 Å². The van der Waals surface area contributed by atoms with E-state index >= 15 is 0 Å². The van der Waals surface area contributed by atoms with E-state index in [0.717, 1.165) is 12.3 Å². The van der Waals surface area contributed by atoms with Crippen LogP contribution < -0.4 is 0 Å². The SMILES string of the molecule is CC1(C)[C@@H]2CC[C@@](C)(C2)[C@]1(S)Cc1ccccn1. The van der Waals surface area contributed by atoms with Gasteiger partial charge < -0.3 is 0 Å². The van der Waals surface area contributed by atoms with E-state index in [4.69, 9.17) is 12.6 Å². The van der Waals surface area contributed by atoms with Crippen LogP contribution in [0, 0.1) is 16.7 Å². The van der Waals surface area contributed by atoms with Crippen molar-refractivity contribution in [3.8, 4) is 0 Å². The minimum atomic E-state index is 0.0806. The molecule has 0 unspecified atom stereocenters. The van der Waals surface area contributed by atoms with Crippen molar-refractivity contribution in [2.24, 2.45) is 16.7 Å². The van der Waals surface area contributed by atoms with Gasteiger partial charge in [-0.25, -0.2) is 0 Å². The van der Waals surface area contributed by atoms with Crippen molar-refractivity contribution in [3.63, 3.8) is 0 Å². The molecule has 2 bridgehead atoms. The Hall–Kier alpha value is -0.500. The maximum absolute atomic E-state index is 5.22. The molecule has 0 aliphatic heterocycles. The smallest absolute Gasteiger partial charge is 0.0417 e. The van der Waals surface area contributed by atoms with Crippen LogP contribution in [0.3, 0.4) is 0 Å². The lowest BCUT2D eigenvalue weighted by Crippen LogP contribution is -2.51. The lowest BCUT2D eigenvalue weighted by atomic mass is 9.61. The number of aromatic nitrogens is 1. The zero-order chi connectivity index (χ0) is 13.0. The number of thiol groups is 1. The molecule has 98 valence electrons. The molecule has 18 heavy (non-hydrogen) atoms. The van der Waals surface area contributed by atoms with Crippen molar-refractivity contribution in [1.29, 1.82) is 0 Å². The lowest BCUT2D eigenvalue weighted by Gasteiger charge is -2.51. The predicted octanol–water partition coefficient (Wildman–Crippen LogP) is 4.14. The molecule has 1 heterocycles. The van der Waals surface area contributed by atoms with Gasteiger partial charge in [0.05, 0.1) is 0 Å². The van der Waals surface area contributed by atoms with Crippen molar-refractivity contribution in [2.45, 2.75) is 51.2 Å². The van der Waals surface area contributed by atoms with Crippen molar-refractivity contribution in [2.75, 3.05) is 0 Å². The Balaban J connectivity index is 1.98. The first-order chi connectivity index (χ1) is 8.39. The average Bonchev–Trinajstić information content (AvgIpc) is 2.79. The van der Waals surface area contributed by atoms with Gasteiger partial charge in [-0.15, -0.1) is 0 Å². The van der Waals surface area contributed by atoms with E-state index in [-0.39, 0.29) is 4.75 Å². The molecule has 2 heteroatoms. The fraction of sp³-hybridized carbons (Fsp3) is 0.688. The fourth-order valence-corrected chi connectivity index (χ4v) is 5.10. The molecule has 1 aromatic rings. The van der Waals surface area contributed by atoms with E-state index in [9.17, 15) is 0 Å². The molecule has 3 rings (SSSR count). The number of hydrogen-bond acceptors (Lipinski definition) is 2. The van der Waals surface area contributed by atoms with Crippen molar-refractivity contribution in [1.82, 2.24) is 4.98 Å². The molecule has 1 aromatic heterocycles. The normalized spacial score (nSPS) is 41.2. The second-order valence-electron chi connectivity index (χ2n) is 7.08. The second kappa shape index (κ2) is 3.75. The minimum absolute atomic E-state index is 0.0806. The number of pyridine rings is 1. The summed E-state index contributed by atoms with van der Waals surface area (Å²) in [5.41, 5.74) is 1.87. The van der Waals surface area contributed by atoms with Gasteiger partial charge in [0.15, 0.2) is 0 Å². The number of hydrogen-bond donors (Lipinski definition) is 1. The molecule has 0 saturated heterocycles. The summed E-state index contributed by atoms with van der Waals surface area (Å²) in [6.07, 6.45) is 6.95. The molecule has 0 N–H and O–H groups in total. The van der Waals surface area contributed by atoms with Gasteiger partial charge in [-0.05, 0) is 48.1 Å². The Morgan fingerprint density at radius 3 is 2.67 bits per heavy atom. The quantitative estimate of drug-likeness (QED) is 0.790. The average molecular weight is 261 g/mol. The Morgan fingerprint density at radius 1 is 1.33 bits per heavy atom. The maximum atomic E-state index is 5.22. The van der Waals surface area contributed by atoms with Crippen LogP contribution in [0.1, 0.15) is 45.7 Å². The van der Waals surface area contributed by atoms with E-state index < -0.39 is 0 Å². The molecule has 0 amide bonds. The number of fused-ring (bicyclic) bond motifs is 2. The summed E-state index contributed by atoms with van der Waals surface area (Å²) < 4.78 is 0.0806. The van der Waals surface area contributed by atoms with Gasteiger partial charge in [0.1, 0.15) is 0 Å². The third-order valence-electron chi connectivity index (χ3n) is 5.99. The van der Waals surface area contributed by atoms with Gasteiger partial charge in [-0.1, -0.05) is 26.8 Å². The zero-order valence-corrected chi connectivity index (χ0v) is 12.5.